The van der Waals surface area contributed by atoms with Crippen LogP contribution in [0.3, 0.4) is 0 Å². The van der Waals surface area contributed by atoms with Crippen molar-refractivity contribution in [3.05, 3.63) is 17.7 Å². The fourth-order valence-corrected chi connectivity index (χ4v) is 1.73. The van der Waals surface area contributed by atoms with E-state index in [1.165, 1.54) is 21.3 Å². The number of carbonyl (C=O) groups is 1. The molecule has 0 bridgehead atoms. The van der Waals surface area contributed by atoms with Crippen LogP contribution in [0, 0.1) is 17.2 Å². The molecule has 0 spiro atoms. The highest BCUT2D eigenvalue weighted by Crippen LogP contribution is 2.38. The highest BCUT2D eigenvalue weighted by Gasteiger charge is 2.15. The Kier molecular flexibility index (Phi) is 11.0. The molecule has 0 saturated carbocycles. The first-order valence-corrected chi connectivity index (χ1v) is 7.20. The molecular weight excluding hydrogens is 314 g/mol. The summed E-state index contributed by atoms with van der Waals surface area (Å²) in [5.74, 6) is 0.833. The smallest absolute Gasteiger partial charge is 0.203 e. The Morgan fingerprint density at radius 2 is 1.54 bits per heavy atom. The second-order valence-electron chi connectivity index (χ2n) is 4.65. The maximum atomic E-state index is 10.7. The minimum atomic E-state index is -0.673. The molecule has 1 atom stereocenters. The van der Waals surface area contributed by atoms with Gasteiger partial charge in [0.15, 0.2) is 17.8 Å². The van der Waals surface area contributed by atoms with Crippen molar-refractivity contribution in [3.8, 4) is 23.3 Å². The van der Waals surface area contributed by atoms with E-state index in [0.29, 0.717) is 30.0 Å². The Morgan fingerprint density at radius 1 is 1.04 bits per heavy atom. The van der Waals surface area contributed by atoms with Gasteiger partial charge in [0.25, 0.3) is 0 Å². The van der Waals surface area contributed by atoms with Gasteiger partial charge in [-0.3, -0.25) is 0 Å². The predicted octanol–water partition coefficient (Wildman–Crippen LogP) is 2.22. The summed E-state index contributed by atoms with van der Waals surface area (Å²) in [6.07, 6.45) is 0.880. The molecule has 24 heavy (non-hydrogen) atoms. The van der Waals surface area contributed by atoms with Crippen LogP contribution in [-0.2, 0) is 20.7 Å². The zero-order chi connectivity index (χ0) is 18.5. The van der Waals surface area contributed by atoms with Crippen molar-refractivity contribution < 1.29 is 28.5 Å². The molecule has 0 saturated heterocycles. The minimum Gasteiger partial charge on any atom is -0.493 e. The van der Waals surface area contributed by atoms with Gasteiger partial charge in [-0.05, 0) is 31.0 Å². The molecule has 0 fully saturated rings. The second-order valence-corrected chi connectivity index (χ2v) is 4.65. The lowest BCUT2D eigenvalue weighted by atomic mass is 10.0. The van der Waals surface area contributed by atoms with Gasteiger partial charge >= 0.3 is 0 Å². The number of methoxy groups -OCH3 is 5. The number of carbonyl (C=O) groups excluding carboxylic acids is 1. The minimum absolute atomic E-state index is 0.0648. The summed E-state index contributed by atoms with van der Waals surface area (Å²) in [6, 6.07) is 5.39. The number of nitrogens with zero attached hydrogens (tertiary/aromatic N) is 1. The lowest BCUT2D eigenvalue weighted by Gasteiger charge is -2.14. The lowest BCUT2D eigenvalue weighted by molar-refractivity contribution is -0.109. The molecule has 7 nitrogen and oxygen atoms in total. The van der Waals surface area contributed by atoms with E-state index in [0.717, 1.165) is 5.56 Å². The zero-order valence-corrected chi connectivity index (χ0v) is 15.0. The first kappa shape index (κ1) is 21.7. The van der Waals surface area contributed by atoms with Gasteiger partial charge in [0, 0.05) is 14.2 Å². The van der Waals surface area contributed by atoms with Gasteiger partial charge in [0.2, 0.25) is 5.75 Å². The summed E-state index contributed by atoms with van der Waals surface area (Å²) >= 11 is 0. The average molecular weight is 339 g/mol. The van der Waals surface area contributed by atoms with E-state index in [2.05, 4.69) is 9.47 Å². The molecule has 0 aliphatic heterocycles. The molecule has 0 heterocycles. The third-order valence-electron chi connectivity index (χ3n) is 3.17. The van der Waals surface area contributed by atoms with Crippen molar-refractivity contribution in [1.82, 2.24) is 0 Å². The van der Waals surface area contributed by atoms with Crippen LogP contribution in [0.4, 0.5) is 0 Å². The Balaban J connectivity index is 0.000000754. The number of benzene rings is 1. The van der Waals surface area contributed by atoms with Crippen molar-refractivity contribution in [2.75, 3.05) is 35.5 Å². The van der Waals surface area contributed by atoms with E-state index in [1.807, 2.05) is 13.0 Å². The van der Waals surface area contributed by atoms with E-state index in [4.69, 9.17) is 19.5 Å². The SMILES string of the molecule is COC(C)OC.COc1cc(CC(C#N)C=O)cc(OC)c1OC. The second kappa shape index (κ2) is 12.2. The summed E-state index contributed by atoms with van der Waals surface area (Å²) < 4.78 is 24.9. The largest absolute Gasteiger partial charge is 0.493 e. The quantitative estimate of drug-likeness (QED) is 0.530. The number of ether oxygens (including phenoxy) is 5. The third kappa shape index (κ3) is 6.86. The molecule has 0 aliphatic rings. The monoisotopic (exact) mass is 339 g/mol. The number of aldehydes is 1. The summed E-state index contributed by atoms with van der Waals surface area (Å²) in [4.78, 5) is 10.7. The number of hydrogen-bond acceptors (Lipinski definition) is 7. The van der Waals surface area contributed by atoms with Gasteiger partial charge in [0.1, 0.15) is 12.2 Å². The predicted molar refractivity (Wildman–Crippen MR) is 88.4 cm³/mol. The maximum Gasteiger partial charge on any atom is 0.203 e. The fraction of sp³-hybridized carbons (Fsp3) is 0.529. The van der Waals surface area contributed by atoms with Gasteiger partial charge in [-0.2, -0.15) is 5.26 Å². The molecule has 0 radical (unpaired) electrons. The van der Waals surface area contributed by atoms with Crippen LogP contribution in [0.1, 0.15) is 12.5 Å². The van der Waals surface area contributed by atoms with Gasteiger partial charge < -0.3 is 28.5 Å². The van der Waals surface area contributed by atoms with Crippen molar-refractivity contribution in [3.63, 3.8) is 0 Å². The molecule has 134 valence electrons. The first-order valence-electron chi connectivity index (χ1n) is 7.20. The van der Waals surface area contributed by atoms with Crippen molar-refractivity contribution in [1.29, 1.82) is 5.26 Å². The Hall–Kier alpha value is -2.30. The third-order valence-corrected chi connectivity index (χ3v) is 3.17. The Bertz CT molecular complexity index is 511. The van der Waals surface area contributed by atoms with E-state index in [9.17, 15) is 4.79 Å². The number of hydrogen-bond donors (Lipinski definition) is 0. The number of rotatable bonds is 8. The van der Waals surface area contributed by atoms with E-state index in [-0.39, 0.29) is 6.29 Å². The molecule has 0 N–H and O–H groups in total. The number of nitriles is 1. The Morgan fingerprint density at radius 3 is 1.79 bits per heavy atom. The summed E-state index contributed by atoms with van der Waals surface area (Å²) in [5, 5.41) is 8.77. The van der Waals surface area contributed by atoms with E-state index < -0.39 is 5.92 Å². The van der Waals surface area contributed by atoms with Gasteiger partial charge in [-0.1, -0.05) is 0 Å². The highest BCUT2D eigenvalue weighted by molar-refractivity contribution is 5.60. The summed E-state index contributed by atoms with van der Waals surface area (Å²) in [7, 11) is 7.76. The normalized spacial score (nSPS) is 10.9. The standard InChI is InChI=1S/C13H15NO4.C4H10O2/c1-16-11-5-9(4-10(7-14)8-15)6-12(17-2)13(11)18-3;1-4(5-2)6-3/h5-6,8,10H,4H2,1-3H3;4H,1-3H3. The van der Waals surface area contributed by atoms with Crippen LogP contribution in [0.5, 0.6) is 17.2 Å². The Labute approximate surface area is 143 Å². The molecule has 1 aromatic carbocycles. The van der Waals surface area contributed by atoms with Crippen molar-refractivity contribution in [2.45, 2.75) is 19.6 Å². The molecule has 1 unspecified atom stereocenters. The first-order chi connectivity index (χ1) is 11.5. The maximum absolute atomic E-state index is 10.7. The molecule has 1 aromatic rings. The fourth-order valence-electron chi connectivity index (χ4n) is 1.73. The zero-order valence-electron chi connectivity index (χ0n) is 15.0. The molecular formula is C17H25NO6. The van der Waals surface area contributed by atoms with Crippen LogP contribution >= 0.6 is 0 Å². The van der Waals surface area contributed by atoms with Crippen LogP contribution < -0.4 is 14.2 Å². The lowest BCUT2D eigenvalue weighted by Crippen LogP contribution is -2.05. The van der Waals surface area contributed by atoms with Gasteiger partial charge in [0.05, 0.1) is 27.4 Å². The summed E-state index contributed by atoms with van der Waals surface area (Å²) in [6.45, 7) is 1.83. The van der Waals surface area contributed by atoms with Crippen LogP contribution in [0.15, 0.2) is 12.1 Å². The van der Waals surface area contributed by atoms with Crippen molar-refractivity contribution in [2.24, 2.45) is 5.92 Å². The van der Waals surface area contributed by atoms with Crippen LogP contribution in [0.2, 0.25) is 0 Å². The van der Waals surface area contributed by atoms with E-state index >= 15 is 0 Å². The van der Waals surface area contributed by atoms with Crippen LogP contribution in [-0.4, -0.2) is 48.1 Å². The highest BCUT2D eigenvalue weighted by atomic mass is 16.7. The van der Waals surface area contributed by atoms with Gasteiger partial charge in [-0.15, -0.1) is 0 Å². The molecule has 0 aromatic heterocycles. The molecule has 0 amide bonds. The van der Waals surface area contributed by atoms with Crippen LogP contribution in [0.25, 0.3) is 0 Å². The molecule has 0 aliphatic carbocycles. The molecule has 7 heteroatoms. The van der Waals surface area contributed by atoms with E-state index in [1.54, 1.807) is 26.4 Å². The van der Waals surface area contributed by atoms with Crippen molar-refractivity contribution >= 4 is 6.29 Å². The summed E-state index contributed by atoms with van der Waals surface area (Å²) in [5.41, 5.74) is 0.781. The average Bonchev–Trinajstić information content (AvgIpc) is 2.64. The topological polar surface area (TPSA) is 87.0 Å². The molecule has 1 rings (SSSR count). The van der Waals surface area contributed by atoms with Gasteiger partial charge in [-0.25, -0.2) is 0 Å².